The van der Waals surface area contributed by atoms with Crippen molar-refractivity contribution in [3.63, 3.8) is 0 Å². The first-order valence-electron chi connectivity index (χ1n) is 7.12. The summed E-state index contributed by atoms with van der Waals surface area (Å²) in [5.41, 5.74) is 2.36. The van der Waals surface area contributed by atoms with Gasteiger partial charge in [-0.3, -0.25) is 0 Å². The molecule has 1 atom stereocenters. The minimum Gasteiger partial charge on any atom is -0.493 e. The third-order valence-corrected chi connectivity index (χ3v) is 3.65. The fourth-order valence-corrected chi connectivity index (χ4v) is 2.05. The molecule has 0 radical (unpaired) electrons. The second-order valence-corrected chi connectivity index (χ2v) is 5.31. The van der Waals surface area contributed by atoms with Crippen LogP contribution in [0, 0.1) is 0 Å². The van der Waals surface area contributed by atoms with Crippen LogP contribution < -0.4 is 4.74 Å². The van der Waals surface area contributed by atoms with E-state index in [0.29, 0.717) is 6.04 Å². The molecule has 0 aliphatic carbocycles. The summed E-state index contributed by atoms with van der Waals surface area (Å²) in [4.78, 5) is 2.21. The first-order chi connectivity index (χ1) is 9.68. The van der Waals surface area contributed by atoms with Crippen molar-refractivity contribution in [3.8, 4) is 16.9 Å². The minimum atomic E-state index is 0. The van der Waals surface area contributed by atoms with E-state index in [-0.39, 0.29) is 12.4 Å². The molecule has 2 aromatic rings. The Morgan fingerprint density at radius 3 is 2.24 bits per heavy atom. The zero-order valence-electron chi connectivity index (χ0n) is 13.0. The zero-order chi connectivity index (χ0) is 14.4. The van der Waals surface area contributed by atoms with Crippen LogP contribution in [-0.2, 0) is 0 Å². The largest absolute Gasteiger partial charge is 0.493 e. The average Bonchev–Trinajstić information content (AvgIpc) is 2.48. The van der Waals surface area contributed by atoms with Crippen LogP contribution in [0.25, 0.3) is 11.1 Å². The lowest BCUT2D eigenvalue weighted by Gasteiger charge is -2.20. The summed E-state index contributed by atoms with van der Waals surface area (Å²) >= 11 is 0. The highest BCUT2D eigenvalue weighted by Crippen LogP contribution is 2.29. The second kappa shape index (κ2) is 8.71. The molecular formula is C18H24ClNO. The lowest BCUT2D eigenvalue weighted by molar-refractivity contribution is 0.234. The molecule has 2 rings (SSSR count). The van der Waals surface area contributed by atoms with Crippen LogP contribution in [0.3, 0.4) is 0 Å². The molecule has 0 saturated carbocycles. The predicted molar refractivity (Wildman–Crippen MR) is 92.4 cm³/mol. The van der Waals surface area contributed by atoms with Crippen LogP contribution in [0.5, 0.6) is 5.75 Å². The summed E-state index contributed by atoms with van der Waals surface area (Å²) in [5.74, 6) is 0.963. The molecule has 0 aromatic heterocycles. The fourth-order valence-electron chi connectivity index (χ4n) is 2.05. The van der Waals surface area contributed by atoms with Gasteiger partial charge in [-0.05, 0) is 39.1 Å². The molecule has 0 spiro atoms. The van der Waals surface area contributed by atoms with Gasteiger partial charge in [0.25, 0.3) is 0 Å². The topological polar surface area (TPSA) is 12.5 Å². The van der Waals surface area contributed by atoms with Gasteiger partial charge < -0.3 is 9.64 Å². The SMILES string of the molecule is CC(CCOc1ccccc1-c1ccccc1)N(C)C.Cl. The van der Waals surface area contributed by atoms with Crippen molar-refractivity contribution < 1.29 is 4.74 Å². The van der Waals surface area contributed by atoms with Gasteiger partial charge in [0.1, 0.15) is 5.75 Å². The van der Waals surface area contributed by atoms with Crippen LogP contribution in [0.4, 0.5) is 0 Å². The van der Waals surface area contributed by atoms with Gasteiger partial charge in [0.2, 0.25) is 0 Å². The number of benzene rings is 2. The monoisotopic (exact) mass is 305 g/mol. The lowest BCUT2D eigenvalue weighted by atomic mass is 10.1. The Kier molecular flexibility index (Phi) is 7.27. The first kappa shape index (κ1) is 17.5. The van der Waals surface area contributed by atoms with E-state index in [4.69, 9.17) is 4.74 Å². The third kappa shape index (κ3) is 5.07. The predicted octanol–water partition coefficient (Wildman–Crippen LogP) is 4.49. The Morgan fingerprint density at radius 2 is 1.57 bits per heavy atom. The summed E-state index contributed by atoms with van der Waals surface area (Å²) in [6, 6.07) is 19.1. The van der Waals surface area contributed by atoms with Crippen molar-refractivity contribution in [1.82, 2.24) is 4.90 Å². The second-order valence-electron chi connectivity index (χ2n) is 5.31. The van der Waals surface area contributed by atoms with Crippen molar-refractivity contribution in [2.45, 2.75) is 19.4 Å². The molecule has 0 aliphatic rings. The van der Waals surface area contributed by atoms with Crippen molar-refractivity contribution >= 4 is 12.4 Å². The fraction of sp³-hybridized carbons (Fsp3) is 0.333. The van der Waals surface area contributed by atoms with Gasteiger partial charge in [0.15, 0.2) is 0 Å². The van der Waals surface area contributed by atoms with Gasteiger partial charge in [0, 0.05) is 11.6 Å². The number of nitrogens with zero attached hydrogens (tertiary/aromatic N) is 1. The molecule has 0 heterocycles. The van der Waals surface area contributed by atoms with E-state index < -0.39 is 0 Å². The molecule has 21 heavy (non-hydrogen) atoms. The van der Waals surface area contributed by atoms with Gasteiger partial charge in [-0.25, -0.2) is 0 Å². The van der Waals surface area contributed by atoms with Crippen LogP contribution in [-0.4, -0.2) is 31.6 Å². The summed E-state index contributed by atoms with van der Waals surface area (Å²) in [7, 11) is 4.20. The number of hydrogen-bond acceptors (Lipinski definition) is 2. The van der Waals surface area contributed by atoms with Gasteiger partial charge in [-0.2, -0.15) is 0 Å². The van der Waals surface area contributed by atoms with Crippen molar-refractivity contribution in [2.24, 2.45) is 0 Å². The van der Waals surface area contributed by atoms with Crippen LogP contribution >= 0.6 is 12.4 Å². The van der Waals surface area contributed by atoms with E-state index in [1.807, 2.05) is 18.2 Å². The van der Waals surface area contributed by atoms with E-state index in [1.54, 1.807) is 0 Å². The molecule has 2 aromatic carbocycles. The van der Waals surface area contributed by atoms with Crippen molar-refractivity contribution in [3.05, 3.63) is 54.6 Å². The Morgan fingerprint density at radius 1 is 0.952 bits per heavy atom. The molecular weight excluding hydrogens is 282 g/mol. The molecule has 0 N–H and O–H groups in total. The van der Waals surface area contributed by atoms with Gasteiger partial charge in [0.05, 0.1) is 6.61 Å². The molecule has 2 nitrogen and oxygen atoms in total. The van der Waals surface area contributed by atoms with Crippen LogP contribution in [0.2, 0.25) is 0 Å². The van der Waals surface area contributed by atoms with E-state index in [9.17, 15) is 0 Å². The standard InChI is InChI=1S/C18H23NO.ClH/c1-15(19(2)3)13-14-20-18-12-8-7-11-17(18)16-9-5-4-6-10-16;/h4-12,15H,13-14H2,1-3H3;1H. The maximum Gasteiger partial charge on any atom is 0.127 e. The zero-order valence-corrected chi connectivity index (χ0v) is 13.8. The first-order valence-corrected chi connectivity index (χ1v) is 7.12. The molecule has 0 bridgehead atoms. The number of rotatable bonds is 6. The highest BCUT2D eigenvalue weighted by Gasteiger charge is 2.07. The number of halogens is 1. The van der Waals surface area contributed by atoms with Crippen molar-refractivity contribution in [1.29, 1.82) is 0 Å². The quantitative estimate of drug-likeness (QED) is 0.779. The normalized spacial score (nSPS) is 11.8. The highest BCUT2D eigenvalue weighted by molar-refractivity contribution is 5.85. The molecule has 1 unspecified atom stereocenters. The van der Waals surface area contributed by atoms with E-state index in [2.05, 4.69) is 62.3 Å². The van der Waals surface area contributed by atoms with E-state index in [0.717, 1.165) is 24.3 Å². The Balaban J connectivity index is 0.00000220. The van der Waals surface area contributed by atoms with E-state index in [1.165, 1.54) is 5.56 Å². The molecule has 0 amide bonds. The summed E-state index contributed by atoms with van der Waals surface area (Å²) in [5, 5.41) is 0. The van der Waals surface area contributed by atoms with Crippen LogP contribution in [0.1, 0.15) is 13.3 Å². The third-order valence-electron chi connectivity index (χ3n) is 3.65. The maximum atomic E-state index is 5.99. The van der Waals surface area contributed by atoms with Gasteiger partial charge >= 0.3 is 0 Å². The minimum absolute atomic E-state index is 0. The Bertz CT molecular complexity index is 528. The molecule has 114 valence electrons. The highest BCUT2D eigenvalue weighted by atomic mass is 35.5. The maximum absolute atomic E-state index is 5.99. The number of hydrogen-bond donors (Lipinski definition) is 0. The average molecular weight is 306 g/mol. The molecule has 3 heteroatoms. The number of para-hydroxylation sites is 1. The van der Waals surface area contributed by atoms with Gasteiger partial charge in [-0.15, -0.1) is 12.4 Å². The van der Waals surface area contributed by atoms with Gasteiger partial charge in [-0.1, -0.05) is 48.5 Å². The van der Waals surface area contributed by atoms with Crippen LogP contribution in [0.15, 0.2) is 54.6 Å². The summed E-state index contributed by atoms with van der Waals surface area (Å²) in [6.45, 7) is 2.95. The Labute approximate surface area is 134 Å². The van der Waals surface area contributed by atoms with E-state index >= 15 is 0 Å². The lowest BCUT2D eigenvalue weighted by Crippen LogP contribution is -2.26. The smallest absolute Gasteiger partial charge is 0.127 e. The van der Waals surface area contributed by atoms with Crippen molar-refractivity contribution in [2.75, 3.05) is 20.7 Å². The number of ether oxygens (including phenoxy) is 1. The molecule has 0 saturated heterocycles. The molecule has 0 aliphatic heterocycles. The Hall–Kier alpha value is -1.51. The summed E-state index contributed by atoms with van der Waals surface area (Å²) < 4.78 is 5.99. The summed E-state index contributed by atoms with van der Waals surface area (Å²) in [6.07, 6.45) is 1.02. The molecule has 0 fully saturated rings.